The lowest BCUT2D eigenvalue weighted by Gasteiger charge is -2.15. The van der Waals surface area contributed by atoms with E-state index in [2.05, 4.69) is 27.7 Å². The maximum atomic E-state index is 10.5. The van der Waals surface area contributed by atoms with Gasteiger partial charge in [0, 0.05) is 6.07 Å². The monoisotopic (exact) mass is 322 g/mol. The summed E-state index contributed by atoms with van der Waals surface area (Å²) in [7, 11) is 0. The third-order valence-corrected chi connectivity index (χ3v) is 4.45. The van der Waals surface area contributed by atoms with Gasteiger partial charge in [0.15, 0.2) is 12.0 Å². The second-order valence-corrected chi connectivity index (χ2v) is 7.38. The normalized spacial score (nSPS) is 14.0. The largest absolute Gasteiger partial charge is 0.465 e. The van der Waals surface area contributed by atoms with Crippen LogP contribution < -0.4 is 4.74 Å². The molecule has 3 nitrogen and oxygen atoms in total. The van der Waals surface area contributed by atoms with Crippen LogP contribution in [0.25, 0.3) is 0 Å². The molecule has 132 valence electrons. The van der Waals surface area contributed by atoms with Crippen LogP contribution >= 0.6 is 0 Å². The highest BCUT2D eigenvalue weighted by Crippen LogP contribution is 2.21. The number of ether oxygens (including phenoxy) is 1. The fourth-order valence-electron chi connectivity index (χ4n) is 2.81. The molecule has 0 fully saturated rings. The van der Waals surface area contributed by atoms with Crippen molar-refractivity contribution >= 4 is 6.29 Å². The van der Waals surface area contributed by atoms with Crippen LogP contribution in [0.4, 0.5) is 0 Å². The smallest absolute Gasteiger partial charge is 0.284 e. The SMILES string of the molecule is CC(C)CCCC(C)CCCC(C)CCOc1ccc(C=O)o1. The second-order valence-electron chi connectivity index (χ2n) is 7.38. The number of aldehydes is 1. The number of carbonyl (C=O) groups excluding carboxylic acids is 1. The van der Waals surface area contributed by atoms with Crippen LogP contribution in [-0.4, -0.2) is 12.9 Å². The van der Waals surface area contributed by atoms with Gasteiger partial charge < -0.3 is 9.15 Å². The van der Waals surface area contributed by atoms with Crippen molar-refractivity contribution in [2.24, 2.45) is 17.8 Å². The molecule has 0 amide bonds. The number of hydrogen-bond acceptors (Lipinski definition) is 3. The summed E-state index contributed by atoms with van der Waals surface area (Å²) in [4.78, 5) is 10.5. The first kappa shape index (κ1) is 19.8. The van der Waals surface area contributed by atoms with Crippen molar-refractivity contribution in [2.75, 3.05) is 6.61 Å². The maximum absolute atomic E-state index is 10.5. The van der Waals surface area contributed by atoms with E-state index in [4.69, 9.17) is 9.15 Å². The molecule has 0 aliphatic heterocycles. The summed E-state index contributed by atoms with van der Waals surface area (Å²) in [5.41, 5.74) is 0. The Morgan fingerprint density at radius 1 is 0.957 bits per heavy atom. The Morgan fingerprint density at radius 3 is 2.13 bits per heavy atom. The van der Waals surface area contributed by atoms with Crippen molar-refractivity contribution in [1.82, 2.24) is 0 Å². The van der Waals surface area contributed by atoms with Crippen LogP contribution in [0, 0.1) is 17.8 Å². The summed E-state index contributed by atoms with van der Waals surface area (Å²) in [5.74, 6) is 3.11. The van der Waals surface area contributed by atoms with Gasteiger partial charge in [0.25, 0.3) is 5.95 Å². The number of rotatable bonds is 13. The first-order chi connectivity index (χ1) is 11.0. The van der Waals surface area contributed by atoms with Crippen LogP contribution in [0.3, 0.4) is 0 Å². The van der Waals surface area contributed by atoms with Crippen molar-refractivity contribution < 1.29 is 13.9 Å². The molecule has 2 atom stereocenters. The van der Waals surface area contributed by atoms with Crippen LogP contribution in [0.5, 0.6) is 5.95 Å². The fraction of sp³-hybridized carbons (Fsp3) is 0.750. The van der Waals surface area contributed by atoms with Gasteiger partial charge >= 0.3 is 0 Å². The Kier molecular flexibility index (Phi) is 9.74. The van der Waals surface area contributed by atoms with E-state index in [1.165, 1.54) is 38.5 Å². The number of furan rings is 1. The first-order valence-corrected chi connectivity index (χ1v) is 9.19. The maximum Gasteiger partial charge on any atom is 0.284 e. The van der Waals surface area contributed by atoms with Gasteiger partial charge in [-0.15, -0.1) is 0 Å². The summed E-state index contributed by atoms with van der Waals surface area (Å²) < 4.78 is 10.7. The predicted molar refractivity (Wildman–Crippen MR) is 95.1 cm³/mol. The highest BCUT2D eigenvalue weighted by molar-refractivity contribution is 5.70. The van der Waals surface area contributed by atoms with Crippen molar-refractivity contribution in [1.29, 1.82) is 0 Å². The molecule has 0 N–H and O–H groups in total. The van der Waals surface area contributed by atoms with Gasteiger partial charge in [-0.05, 0) is 30.2 Å². The summed E-state index contributed by atoms with van der Waals surface area (Å²) in [6.45, 7) is 9.92. The molecule has 0 radical (unpaired) electrons. The van der Waals surface area contributed by atoms with Crippen LogP contribution in [0.1, 0.15) is 83.2 Å². The van der Waals surface area contributed by atoms with Gasteiger partial charge in [0.1, 0.15) is 0 Å². The lowest BCUT2D eigenvalue weighted by atomic mass is 9.93. The Balaban J connectivity index is 2.03. The van der Waals surface area contributed by atoms with Crippen LogP contribution in [-0.2, 0) is 0 Å². The third kappa shape index (κ3) is 9.47. The molecule has 0 aliphatic carbocycles. The average molecular weight is 322 g/mol. The van der Waals surface area contributed by atoms with E-state index in [1.54, 1.807) is 12.1 Å². The third-order valence-electron chi connectivity index (χ3n) is 4.45. The predicted octanol–water partition coefficient (Wildman–Crippen LogP) is 6.13. The molecule has 0 aliphatic rings. The lowest BCUT2D eigenvalue weighted by molar-refractivity contribution is 0.109. The minimum atomic E-state index is 0.319. The van der Waals surface area contributed by atoms with Crippen molar-refractivity contribution in [3.63, 3.8) is 0 Å². The fourth-order valence-corrected chi connectivity index (χ4v) is 2.81. The molecule has 0 aromatic carbocycles. The molecule has 0 saturated carbocycles. The summed E-state index contributed by atoms with van der Waals surface area (Å²) >= 11 is 0. The molecular weight excluding hydrogens is 288 g/mol. The van der Waals surface area contributed by atoms with Crippen molar-refractivity contribution in [3.8, 4) is 5.95 Å². The van der Waals surface area contributed by atoms with Gasteiger partial charge in [-0.1, -0.05) is 66.2 Å². The molecule has 1 aromatic rings. The van der Waals surface area contributed by atoms with E-state index in [0.717, 1.165) is 18.3 Å². The van der Waals surface area contributed by atoms with Crippen LogP contribution in [0.2, 0.25) is 0 Å². The highest BCUT2D eigenvalue weighted by Gasteiger charge is 2.08. The molecule has 2 unspecified atom stereocenters. The molecule has 1 rings (SSSR count). The highest BCUT2D eigenvalue weighted by atomic mass is 16.6. The zero-order valence-corrected chi connectivity index (χ0v) is 15.3. The van der Waals surface area contributed by atoms with E-state index < -0.39 is 0 Å². The van der Waals surface area contributed by atoms with Crippen LogP contribution in [0.15, 0.2) is 16.5 Å². The van der Waals surface area contributed by atoms with E-state index in [0.29, 0.717) is 30.5 Å². The molecule has 0 spiro atoms. The summed E-state index contributed by atoms with van der Waals surface area (Å²) in [6, 6.07) is 3.33. The molecule has 1 aromatic heterocycles. The second kappa shape index (κ2) is 11.3. The van der Waals surface area contributed by atoms with Gasteiger partial charge in [-0.3, -0.25) is 4.79 Å². The van der Waals surface area contributed by atoms with E-state index >= 15 is 0 Å². The lowest BCUT2D eigenvalue weighted by Crippen LogP contribution is -2.05. The van der Waals surface area contributed by atoms with Crippen molar-refractivity contribution in [3.05, 3.63) is 17.9 Å². The number of hydrogen-bond donors (Lipinski definition) is 0. The van der Waals surface area contributed by atoms with Gasteiger partial charge in [-0.2, -0.15) is 0 Å². The van der Waals surface area contributed by atoms with E-state index in [9.17, 15) is 4.79 Å². The minimum absolute atomic E-state index is 0.319. The molecule has 0 bridgehead atoms. The molecule has 3 heteroatoms. The van der Waals surface area contributed by atoms with Gasteiger partial charge in [-0.25, -0.2) is 0 Å². The topological polar surface area (TPSA) is 39.4 Å². The molecule has 23 heavy (non-hydrogen) atoms. The van der Waals surface area contributed by atoms with Gasteiger partial charge in [0.2, 0.25) is 0 Å². The zero-order chi connectivity index (χ0) is 17.1. The molecule has 0 saturated heterocycles. The first-order valence-electron chi connectivity index (χ1n) is 9.19. The standard InChI is InChI=1S/C20H34O3/c1-16(2)7-5-8-17(3)9-6-10-18(4)13-14-22-20-12-11-19(15-21)23-20/h11-12,15-18H,5-10,13-14H2,1-4H3. The zero-order valence-electron chi connectivity index (χ0n) is 15.3. The Morgan fingerprint density at radius 2 is 1.57 bits per heavy atom. The van der Waals surface area contributed by atoms with Gasteiger partial charge in [0.05, 0.1) is 6.61 Å². The Bertz CT molecular complexity index is 422. The number of carbonyl (C=O) groups is 1. The molecular formula is C20H34O3. The average Bonchev–Trinajstić information content (AvgIpc) is 2.95. The quantitative estimate of drug-likeness (QED) is 0.410. The van der Waals surface area contributed by atoms with E-state index in [1.807, 2.05) is 0 Å². The van der Waals surface area contributed by atoms with Crippen molar-refractivity contribution in [2.45, 2.75) is 72.6 Å². The summed E-state index contributed by atoms with van der Waals surface area (Å²) in [5, 5.41) is 0. The Labute approximate surface area is 141 Å². The Hall–Kier alpha value is -1.25. The minimum Gasteiger partial charge on any atom is -0.465 e. The molecule has 1 heterocycles. The summed E-state index contributed by atoms with van der Waals surface area (Å²) in [6.07, 6.45) is 9.72. The van der Waals surface area contributed by atoms with E-state index in [-0.39, 0.29) is 0 Å².